The number of anilines is 1. The predicted octanol–water partition coefficient (Wildman–Crippen LogP) is 0.375. The summed E-state index contributed by atoms with van der Waals surface area (Å²) >= 11 is 0. The summed E-state index contributed by atoms with van der Waals surface area (Å²) in [7, 11) is 0. The van der Waals surface area contributed by atoms with Crippen molar-refractivity contribution < 1.29 is 18.6 Å². The van der Waals surface area contributed by atoms with E-state index in [2.05, 4.69) is 4.98 Å². The highest BCUT2D eigenvalue weighted by Gasteiger charge is 2.60. The molecule has 0 aromatic carbocycles. The smallest absolute Gasteiger partial charge is 0.351 e. The lowest BCUT2D eigenvalue weighted by Gasteiger charge is -2.21. The number of nitrogen functional groups attached to an aromatic ring is 1. The summed E-state index contributed by atoms with van der Waals surface area (Å²) in [6, 6.07) is 1.22. The van der Waals surface area contributed by atoms with Gasteiger partial charge in [-0.2, -0.15) is 13.8 Å². The van der Waals surface area contributed by atoms with Crippen molar-refractivity contribution in [3.05, 3.63) is 22.7 Å². The van der Waals surface area contributed by atoms with E-state index in [4.69, 9.17) is 10.5 Å². The van der Waals surface area contributed by atoms with Gasteiger partial charge in [0.15, 0.2) is 0 Å². The van der Waals surface area contributed by atoms with Crippen molar-refractivity contribution in [2.75, 3.05) is 5.73 Å². The number of ether oxygens (including phenoxy) is 1. The third kappa shape index (κ3) is 2.21. The van der Waals surface area contributed by atoms with E-state index in [1.807, 2.05) is 0 Å². The topological polar surface area (TPSA) is 90.4 Å². The van der Waals surface area contributed by atoms with Gasteiger partial charge in [0.25, 0.3) is 0 Å². The maximum atomic E-state index is 14.0. The Kier molecular flexibility index (Phi) is 3.31. The first-order valence-corrected chi connectivity index (χ1v) is 5.81. The predicted molar refractivity (Wildman–Crippen MR) is 62.6 cm³/mol. The molecular formula is C11H15F2N3O3. The molecule has 0 spiro atoms. The van der Waals surface area contributed by atoms with Gasteiger partial charge >= 0.3 is 11.6 Å². The van der Waals surface area contributed by atoms with Crippen LogP contribution < -0.4 is 11.4 Å². The van der Waals surface area contributed by atoms with E-state index in [0.717, 1.165) is 6.20 Å². The second-order valence-corrected chi connectivity index (χ2v) is 4.86. The second kappa shape index (κ2) is 4.53. The fourth-order valence-corrected chi connectivity index (χ4v) is 2.06. The molecule has 3 atom stereocenters. The Bertz CT molecular complexity index is 532. The third-order valence-corrected chi connectivity index (χ3v) is 3.08. The minimum absolute atomic E-state index is 0.0662. The van der Waals surface area contributed by atoms with Crippen LogP contribution in [0.5, 0.6) is 0 Å². The van der Waals surface area contributed by atoms with Crippen LogP contribution in [0.2, 0.25) is 0 Å². The molecule has 19 heavy (non-hydrogen) atoms. The lowest BCUT2D eigenvalue weighted by molar-refractivity contribution is -0.141. The Balaban J connectivity index is 2.42. The molecule has 1 fully saturated rings. The van der Waals surface area contributed by atoms with E-state index in [9.17, 15) is 18.7 Å². The van der Waals surface area contributed by atoms with Crippen molar-refractivity contribution in [2.24, 2.45) is 5.92 Å². The van der Waals surface area contributed by atoms with Crippen molar-refractivity contribution in [1.29, 1.82) is 0 Å². The zero-order valence-corrected chi connectivity index (χ0v) is 10.5. The van der Waals surface area contributed by atoms with Crippen molar-refractivity contribution in [2.45, 2.75) is 38.2 Å². The van der Waals surface area contributed by atoms with Crippen LogP contribution in [0.1, 0.15) is 20.1 Å². The molecule has 106 valence electrons. The monoisotopic (exact) mass is 275 g/mol. The van der Waals surface area contributed by atoms with Crippen LogP contribution in [0.3, 0.4) is 0 Å². The summed E-state index contributed by atoms with van der Waals surface area (Å²) < 4.78 is 33.8. The first-order chi connectivity index (χ1) is 8.75. The molecule has 0 unspecified atom stereocenters. The maximum Gasteiger partial charge on any atom is 0.351 e. The third-order valence-electron chi connectivity index (χ3n) is 3.08. The molecule has 2 rings (SSSR count). The van der Waals surface area contributed by atoms with Crippen molar-refractivity contribution in [3.63, 3.8) is 0 Å². The highest BCUT2D eigenvalue weighted by atomic mass is 19.3. The molecule has 1 aliphatic heterocycles. The molecule has 1 aromatic rings. The van der Waals surface area contributed by atoms with Crippen LogP contribution in [0, 0.1) is 5.92 Å². The normalized spacial score (nSPS) is 29.9. The Morgan fingerprint density at radius 3 is 2.68 bits per heavy atom. The van der Waals surface area contributed by atoms with Gasteiger partial charge in [-0.3, -0.25) is 4.57 Å². The van der Waals surface area contributed by atoms with Gasteiger partial charge in [-0.05, 0) is 12.0 Å². The summed E-state index contributed by atoms with van der Waals surface area (Å²) in [5.41, 5.74) is 4.35. The van der Waals surface area contributed by atoms with Gasteiger partial charge in [0, 0.05) is 6.20 Å². The number of nitrogens with zero attached hydrogens (tertiary/aromatic N) is 2. The fraction of sp³-hybridized carbons (Fsp3) is 0.636. The zero-order valence-electron chi connectivity index (χ0n) is 10.5. The number of aromatic nitrogens is 2. The van der Waals surface area contributed by atoms with Gasteiger partial charge in [-0.1, -0.05) is 13.8 Å². The van der Waals surface area contributed by atoms with Gasteiger partial charge in [0.05, 0.1) is 6.10 Å². The molecule has 1 saturated heterocycles. The molecule has 1 aromatic heterocycles. The summed E-state index contributed by atoms with van der Waals surface area (Å²) in [4.78, 5) is 14.9. The maximum absolute atomic E-state index is 14.0. The lowest BCUT2D eigenvalue weighted by atomic mass is 10.00. The van der Waals surface area contributed by atoms with E-state index in [0.29, 0.717) is 4.57 Å². The van der Waals surface area contributed by atoms with Crippen LogP contribution >= 0.6 is 0 Å². The number of aliphatic hydroxyl groups is 1. The Labute approximate surface area is 107 Å². The molecule has 0 radical (unpaired) electrons. The van der Waals surface area contributed by atoms with Gasteiger partial charge in [0.2, 0.25) is 6.23 Å². The summed E-state index contributed by atoms with van der Waals surface area (Å²) in [5, 5.41) is 9.63. The largest absolute Gasteiger partial charge is 0.384 e. The van der Waals surface area contributed by atoms with Gasteiger partial charge in [-0.15, -0.1) is 0 Å². The van der Waals surface area contributed by atoms with E-state index in [1.54, 1.807) is 13.8 Å². The average molecular weight is 275 g/mol. The first kappa shape index (κ1) is 13.9. The molecule has 6 nitrogen and oxygen atoms in total. The van der Waals surface area contributed by atoms with E-state index >= 15 is 0 Å². The Morgan fingerprint density at radius 2 is 2.21 bits per heavy atom. The van der Waals surface area contributed by atoms with Gasteiger partial charge in [0.1, 0.15) is 11.9 Å². The number of rotatable bonds is 2. The second-order valence-electron chi connectivity index (χ2n) is 4.86. The molecule has 8 heteroatoms. The van der Waals surface area contributed by atoms with Crippen LogP contribution in [-0.4, -0.2) is 32.8 Å². The van der Waals surface area contributed by atoms with Crippen molar-refractivity contribution in [3.8, 4) is 0 Å². The van der Waals surface area contributed by atoms with Crippen molar-refractivity contribution >= 4 is 5.82 Å². The average Bonchev–Trinajstić information content (AvgIpc) is 2.52. The number of alkyl halides is 2. The summed E-state index contributed by atoms with van der Waals surface area (Å²) in [6.07, 6.45) is -3.82. The summed E-state index contributed by atoms with van der Waals surface area (Å²) in [6.45, 7) is 3.30. The number of aliphatic hydroxyl groups excluding tert-OH is 1. The molecule has 0 amide bonds. The minimum Gasteiger partial charge on any atom is -0.384 e. The number of hydrogen-bond acceptors (Lipinski definition) is 5. The number of hydrogen-bond donors (Lipinski definition) is 2. The highest BCUT2D eigenvalue weighted by Crippen LogP contribution is 2.44. The quantitative estimate of drug-likeness (QED) is 0.814. The summed E-state index contributed by atoms with van der Waals surface area (Å²) in [5.74, 6) is -3.96. The van der Waals surface area contributed by atoms with Crippen LogP contribution in [-0.2, 0) is 4.74 Å². The zero-order chi connectivity index (χ0) is 14.4. The first-order valence-electron chi connectivity index (χ1n) is 5.81. The van der Waals surface area contributed by atoms with Crippen LogP contribution in [0.4, 0.5) is 14.6 Å². The van der Waals surface area contributed by atoms with E-state index in [1.165, 1.54) is 6.07 Å². The molecule has 1 aliphatic rings. The van der Waals surface area contributed by atoms with Crippen LogP contribution in [0.15, 0.2) is 17.1 Å². The van der Waals surface area contributed by atoms with E-state index < -0.39 is 30.0 Å². The van der Waals surface area contributed by atoms with Gasteiger partial charge in [-0.25, -0.2) is 4.79 Å². The van der Waals surface area contributed by atoms with E-state index in [-0.39, 0.29) is 11.7 Å². The SMILES string of the molecule is CC(C)[C@H]1O[C@@H](n2ccc(N)nc2=O)C(F)(F)[C@H]1O. The Hall–Kier alpha value is -1.54. The molecule has 0 aliphatic carbocycles. The number of halogens is 2. The van der Waals surface area contributed by atoms with Gasteiger partial charge < -0.3 is 15.6 Å². The number of nitrogens with two attached hydrogens (primary N) is 1. The highest BCUT2D eigenvalue weighted by molar-refractivity contribution is 5.23. The molecule has 0 saturated carbocycles. The molecule has 2 heterocycles. The minimum atomic E-state index is -3.57. The fourth-order valence-electron chi connectivity index (χ4n) is 2.06. The molecular weight excluding hydrogens is 260 g/mol. The standard InChI is InChI=1S/C11H15F2N3O3/c1-5(2)7-8(17)11(12,13)9(19-7)16-4-3-6(14)15-10(16)18/h3-5,7-9,17H,1-2H3,(H2,14,15,18)/t7-,8+,9-/m1/s1. The lowest BCUT2D eigenvalue weighted by Crippen LogP contribution is -2.42. The van der Waals surface area contributed by atoms with Crippen LogP contribution in [0.25, 0.3) is 0 Å². The molecule has 3 N–H and O–H groups in total. The Morgan fingerprint density at radius 1 is 1.58 bits per heavy atom. The molecule has 0 bridgehead atoms. The van der Waals surface area contributed by atoms with Crippen molar-refractivity contribution in [1.82, 2.24) is 9.55 Å².